The zero-order valence-corrected chi connectivity index (χ0v) is 9.06. The highest BCUT2D eigenvalue weighted by Gasteiger charge is 2.22. The van der Waals surface area contributed by atoms with Crippen molar-refractivity contribution in [2.45, 2.75) is 25.3 Å². The Morgan fingerprint density at radius 1 is 1.38 bits per heavy atom. The molecule has 2 aliphatic heterocycles. The first-order valence-corrected chi connectivity index (χ1v) is 6.56. The Labute approximate surface area is 85.2 Å². The largest absolute Gasteiger partial charge is 0.327 e. The smallest absolute Gasteiger partial charge is 0.0168 e. The standard InChI is InChI=1S/C10H20N2S/c11-10-2-1-4-12(7-10)6-9-3-5-13-8-9/h9-10H,1-8,11H2/t9?,10-/m1/s1. The minimum Gasteiger partial charge on any atom is -0.327 e. The van der Waals surface area contributed by atoms with Crippen LogP contribution in [-0.4, -0.2) is 42.1 Å². The molecule has 13 heavy (non-hydrogen) atoms. The lowest BCUT2D eigenvalue weighted by Crippen LogP contribution is -2.44. The SMILES string of the molecule is N[C@@H]1CCCN(CC2CCSC2)C1. The van der Waals surface area contributed by atoms with Crippen LogP contribution in [0.15, 0.2) is 0 Å². The molecule has 2 aliphatic rings. The van der Waals surface area contributed by atoms with E-state index in [1.165, 1.54) is 43.9 Å². The number of thioether (sulfide) groups is 1. The molecule has 0 aromatic heterocycles. The van der Waals surface area contributed by atoms with E-state index in [9.17, 15) is 0 Å². The van der Waals surface area contributed by atoms with E-state index >= 15 is 0 Å². The molecule has 1 unspecified atom stereocenters. The van der Waals surface area contributed by atoms with Crippen molar-refractivity contribution in [2.24, 2.45) is 11.7 Å². The highest BCUT2D eigenvalue weighted by atomic mass is 32.2. The van der Waals surface area contributed by atoms with Gasteiger partial charge in [0.1, 0.15) is 0 Å². The summed E-state index contributed by atoms with van der Waals surface area (Å²) in [5.41, 5.74) is 5.95. The summed E-state index contributed by atoms with van der Waals surface area (Å²) >= 11 is 2.11. The average Bonchev–Trinajstić information content (AvgIpc) is 2.57. The topological polar surface area (TPSA) is 29.3 Å². The van der Waals surface area contributed by atoms with Gasteiger partial charge >= 0.3 is 0 Å². The summed E-state index contributed by atoms with van der Waals surface area (Å²) < 4.78 is 0. The van der Waals surface area contributed by atoms with Crippen molar-refractivity contribution < 1.29 is 0 Å². The average molecular weight is 200 g/mol. The van der Waals surface area contributed by atoms with Gasteiger partial charge in [0.15, 0.2) is 0 Å². The Morgan fingerprint density at radius 3 is 3.00 bits per heavy atom. The van der Waals surface area contributed by atoms with Crippen LogP contribution >= 0.6 is 11.8 Å². The molecule has 2 nitrogen and oxygen atoms in total. The monoisotopic (exact) mass is 200 g/mol. The van der Waals surface area contributed by atoms with Crippen LogP contribution in [0.1, 0.15) is 19.3 Å². The third kappa shape index (κ3) is 2.86. The zero-order chi connectivity index (χ0) is 9.10. The van der Waals surface area contributed by atoms with Crippen molar-refractivity contribution >= 4 is 11.8 Å². The van der Waals surface area contributed by atoms with Gasteiger partial charge in [-0.05, 0) is 43.2 Å². The van der Waals surface area contributed by atoms with Crippen LogP contribution in [0, 0.1) is 5.92 Å². The van der Waals surface area contributed by atoms with Crippen LogP contribution in [-0.2, 0) is 0 Å². The van der Waals surface area contributed by atoms with E-state index in [4.69, 9.17) is 5.73 Å². The second kappa shape index (κ2) is 4.67. The fourth-order valence-corrected chi connectivity index (χ4v) is 3.62. The van der Waals surface area contributed by atoms with Crippen molar-refractivity contribution in [1.29, 1.82) is 0 Å². The first-order chi connectivity index (χ1) is 6.34. The molecule has 2 atom stereocenters. The van der Waals surface area contributed by atoms with Crippen LogP contribution in [0.5, 0.6) is 0 Å². The normalized spacial score (nSPS) is 36.7. The Balaban J connectivity index is 1.73. The third-order valence-electron chi connectivity index (χ3n) is 3.08. The van der Waals surface area contributed by atoms with Gasteiger partial charge in [-0.25, -0.2) is 0 Å². The Hall–Kier alpha value is 0.270. The van der Waals surface area contributed by atoms with E-state index in [1.54, 1.807) is 0 Å². The van der Waals surface area contributed by atoms with Gasteiger partial charge in [-0.2, -0.15) is 11.8 Å². The van der Waals surface area contributed by atoms with Crippen molar-refractivity contribution in [3.05, 3.63) is 0 Å². The van der Waals surface area contributed by atoms with Gasteiger partial charge in [0.25, 0.3) is 0 Å². The summed E-state index contributed by atoms with van der Waals surface area (Å²) in [6, 6.07) is 0.447. The number of hydrogen-bond acceptors (Lipinski definition) is 3. The van der Waals surface area contributed by atoms with Gasteiger partial charge < -0.3 is 10.6 Å². The van der Waals surface area contributed by atoms with Crippen molar-refractivity contribution in [3.8, 4) is 0 Å². The van der Waals surface area contributed by atoms with E-state index in [0.29, 0.717) is 6.04 Å². The molecule has 2 saturated heterocycles. The molecule has 0 aliphatic carbocycles. The summed E-state index contributed by atoms with van der Waals surface area (Å²) in [4.78, 5) is 2.57. The predicted octanol–water partition coefficient (Wildman–Crippen LogP) is 1.16. The highest BCUT2D eigenvalue weighted by molar-refractivity contribution is 7.99. The van der Waals surface area contributed by atoms with Crippen molar-refractivity contribution in [3.63, 3.8) is 0 Å². The zero-order valence-electron chi connectivity index (χ0n) is 8.24. The number of nitrogens with two attached hydrogens (primary N) is 1. The molecule has 0 saturated carbocycles. The van der Waals surface area contributed by atoms with Gasteiger partial charge in [-0.1, -0.05) is 0 Å². The summed E-state index contributed by atoms with van der Waals surface area (Å²) in [7, 11) is 0. The molecule has 0 aromatic carbocycles. The maximum absolute atomic E-state index is 5.95. The lowest BCUT2D eigenvalue weighted by molar-refractivity contribution is 0.186. The lowest BCUT2D eigenvalue weighted by Gasteiger charge is -2.32. The lowest BCUT2D eigenvalue weighted by atomic mass is 10.0. The molecule has 2 fully saturated rings. The molecule has 0 radical (unpaired) electrons. The van der Waals surface area contributed by atoms with Crippen LogP contribution in [0.25, 0.3) is 0 Å². The molecule has 0 spiro atoms. The molecule has 0 aromatic rings. The second-order valence-electron chi connectivity index (χ2n) is 4.39. The number of likely N-dealkylation sites (tertiary alicyclic amines) is 1. The van der Waals surface area contributed by atoms with Crippen molar-refractivity contribution in [1.82, 2.24) is 4.90 Å². The second-order valence-corrected chi connectivity index (χ2v) is 5.54. The molecule has 0 amide bonds. The fraction of sp³-hybridized carbons (Fsp3) is 1.00. The van der Waals surface area contributed by atoms with Crippen LogP contribution < -0.4 is 5.73 Å². The fourth-order valence-electron chi connectivity index (χ4n) is 2.35. The summed E-state index contributed by atoms with van der Waals surface area (Å²) in [5, 5.41) is 0. The van der Waals surface area contributed by atoms with Gasteiger partial charge in [0.2, 0.25) is 0 Å². The molecule has 0 bridgehead atoms. The molecule has 2 heterocycles. The number of piperidine rings is 1. The highest BCUT2D eigenvalue weighted by Crippen LogP contribution is 2.24. The first-order valence-electron chi connectivity index (χ1n) is 5.40. The van der Waals surface area contributed by atoms with Gasteiger partial charge in [-0.3, -0.25) is 0 Å². The van der Waals surface area contributed by atoms with Gasteiger partial charge in [0, 0.05) is 19.1 Å². The maximum atomic E-state index is 5.95. The maximum Gasteiger partial charge on any atom is 0.0168 e. The van der Waals surface area contributed by atoms with Crippen LogP contribution in [0.4, 0.5) is 0 Å². The minimum absolute atomic E-state index is 0.447. The van der Waals surface area contributed by atoms with Gasteiger partial charge in [-0.15, -0.1) is 0 Å². The van der Waals surface area contributed by atoms with E-state index in [2.05, 4.69) is 16.7 Å². The van der Waals surface area contributed by atoms with E-state index in [-0.39, 0.29) is 0 Å². The van der Waals surface area contributed by atoms with Gasteiger partial charge in [0.05, 0.1) is 0 Å². The number of hydrogen-bond donors (Lipinski definition) is 1. The Bertz CT molecular complexity index is 157. The van der Waals surface area contributed by atoms with E-state index < -0.39 is 0 Å². The predicted molar refractivity (Wildman–Crippen MR) is 59.1 cm³/mol. The molecule has 2 N–H and O–H groups in total. The van der Waals surface area contributed by atoms with Crippen LogP contribution in [0.2, 0.25) is 0 Å². The van der Waals surface area contributed by atoms with E-state index in [0.717, 1.165) is 12.5 Å². The summed E-state index contributed by atoms with van der Waals surface area (Å²) in [6.07, 6.45) is 3.97. The Morgan fingerprint density at radius 2 is 2.31 bits per heavy atom. The quantitative estimate of drug-likeness (QED) is 0.725. The molecule has 3 heteroatoms. The number of rotatable bonds is 2. The first kappa shape index (κ1) is 9.81. The summed E-state index contributed by atoms with van der Waals surface area (Å²) in [5.74, 6) is 3.71. The molecular formula is C10H20N2S. The van der Waals surface area contributed by atoms with Crippen molar-refractivity contribution in [2.75, 3.05) is 31.1 Å². The molecule has 76 valence electrons. The third-order valence-corrected chi connectivity index (χ3v) is 4.31. The minimum atomic E-state index is 0.447. The number of nitrogens with zero attached hydrogens (tertiary/aromatic N) is 1. The molecule has 2 rings (SSSR count). The van der Waals surface area contributed by atoms with Crippen LogP contribution in [0.3, 0.4) is 0 Å². The molecular weight excluding hydrogens is 180 g/mol. The van der Waals surface area contributed by atoms with E-state index in [1.807, 2.05) is 0 Å². The summed E-state index contributed by atoms with van der Waals surface area (Å²) in [6.45, 7) is 3.73. The Kier molecular flexibility index (Phi) is 3.52.